The van der Waals surface area contributed by atoms with Crippen molar-refractivity contribution in [2.75, 3.05) is 12.4 Å². The fraction of sp³-hybridized carbons (Fsp3) is 0.357. The zero-order valence-electron chi connectivity index (χ0n) is 10.5. The highest BCUT2D eigenvalue weighted by Gasteiger charge is 2.10. The first-order valence-electron chi connectivity index (χ1n) is 5.85. The highest BCUT2D eigenvalue weighted by atomic mass is 16.5. The molecule has 1 N–H and O–H groups in total. The highest BCUT2D eigenvalue weighted by molar-refractivity contribution is 5.82. The van der Waals surface area contributed by atoms with E-state index >= 15 is 0 Å². The first-order chi connectivity index (χ1) is 8.20. The van der Waals surface area contributed by atoms with Crippen molar-refractivity contribution in [2.45, 2.75) is 26.0 Å². The quantitative estimate of drug-likeness (QED) is 0.876. The third-order valence-corrected chi connectivity index (χ3v) is 3.07. The second-order valence-electron chi connectivity index (χ2n) is 4.28. The Balaban J connectivity index is 2.19. The van der Waals surface area contributed by atoms with Crippen LogP contribution in [0.1, 0.15) is 13.8 Å². The van der Waals surface area contributed by atoms with Gasteiger partial charge in [-0.2, -0.15) is 0 Å². The number of benzene rings is 1. The zero-order valence-corrected chi connectivity index (χ0v) is 10.5. The van der Waals surface area contributed by atoms with Crippen molar-refractivity contribution in [3.8, 4) is 0 Å². The van der Waals surface area contributed by atoms with Crippen molar-refractivity contribution < 1.29 is 4.74 Å². The molecular weight excluding hydrogens is 212 g/mol. The molecular formula is C14H18N2O. The van der Waals surface area contributed by atoms with Gasteiger partial charge in [-0.3, -0.25) is 4.98 Å². The van der Waals surface area contributed by atoms with Gasteiger partial charge in [-0.15, -0.1) is 0 Å². The maximum Gasteiger partial charge on any atom is 0.0741 e. The molecule has 3 nitrogen and oxygen atoms in total. The first-order valence-corrected chi connectivity index (χ1v) is 5.85. The summed E-state index contributed by atoms with van der Waals surface area (Å²) < 4.78 is 5.30. The molecule has 0 amide bonds. The van der Waals surface area contributed by atoms with Crippen LogP contribution in [-0.4, -0.2) is 24.2 Å². The Morgan fingerprint density at radius 1 is 1.24 bits per heavy atom. The van der Waals surface area contributed by atoms with Crippen LogP contribution in [0.4, 0.5) is 5.69 Å². The number of hydrogen-bond donors (Lipinski definition) is 1. The molecule has 1 heterocycles. The Bertz CT molecular complexity index is 498. The van der Waals surface area contributed by atoms with E-state index in [1.807, 2.05) is 24.4 Å². The summed E-state index contributed by atoms with van der Waals surface area (Å²) in [4.78, 5) is 4.30. The van der Waals surface area contributed by atoms with Crippen LogP contribution in [0.25, 0.3) is 10.9 Å². The van der Waals surface area contributed by atoms with Gasteiger partial charge in [0, 0.05) is 30.4 Å². The van der Waals surface area contributed by atoms with Crippen molar-refractivity contribution in [1.29, 1.82) is 0 Å². The summed E-state index contributed by atoms with van der Waals surface area (Å²) in [5, 5.41) is 4.58. The van der Waals surface area contributed by atoms with Crippen molar-refractivity contribution in [3.05, 3.63) is 36.5 Å². The molecule has 0 aliphatic carbocycles. The lowest BCUT2D eigenvalue weighted by Crippen LogP contribution is -2.29. The van der Waals surface area contributed by atoms with Crippen LogP contribution in [0.15, 0.2) is 36.5 Å². The monoisotopic (exact) mass is 230 g/mol. The third-order valence-electron chi connectivity index (χ3n) is 3.07. The SMILES string of the molecule is COC(C)C(C)Nc1ccc2ncccc2c1. The van der Waals surface area contributed by atoms with Gasteiger partial charge in [0.1, 0.15) is 0 Å². The molecule has 1 aromatic heterocycles. The molecule has 2 atom stereocenters. The maximum absolute atomic E-state index is 5.30. The average molecular weight is 230 g/mol. The summed E-state index contributed by atoms with van der Waals surface area (Å²) in [5.41, 5.74) is 2.12. The highest BCUT2D eigenvalue weighted by Crippen LogP contribution is 2.18. The lowest BCUT2D eigenvalue weighted by atomic mass is 10.1. The largest absolute Gasteiger partial charge is 0.380 e. The summed E-state index contributed by atoms with van der Waals surface area (Å²) in [6, 6.07) is 10.5. The van der Waals surface area contributed by atoms with Gasteiger partial charge in [0.05, 0.1) is 11.6 Å². The van der Waals surface area contributed by atoms with Crippen molar-refractivity contribution in [1.82, 2.24) is 4.98 Å². The minimum atomic E-state index is 0.180. The number of nitrogens with zero attached hydrogens (tertiary/aromatic N) is 1. The fourth-order valence-corrected chi connectivity index (χ4v) is 1.75. The second kappa shape index (κ2) is 5.15. The van der Waals surface area contributed by atoms with Crippen LogP contribution in [0.5, 0.6) is 0 Å². The Kier molecular flexibility index (Phi) is 3.59. The summed E-state index contributed by atoms with van der Waals surface area (Å²) in [6.07, 6.45) is 1.99. The molecule has 0 aliphatic rings. The van der Waals surface area contributed by atoms with Crippen LogP contribution in [0, 0.1) is 0 Å². The van der Waals surface area contributed by atoms with Crippen molar-refractivity contribution in [3.63, 3.8) is 0 Å². The minimum absolute atomic E-state index is 0.180. The molecule has 2 unspecified atom stereocenters. The van der Waals surface area contributed by atoms with Crippen molar-refractivity contribution in [2.24, 2.45) is 0 Å². The van der Waals surface area contributed by atoms with Crippen LogP contribution in [0.2, 0.25) is 0 Å². The Labute approximate surface area is 102 Å². The van der Waals surface area contributed by atoms with E-state index in [1.54, 1.807) is 7.11 Å². The number of fused-ring (bicyclic) bond motifs is 1. The molecule has 1 aromatic carbocycles. The average Bonchev–Trinajstić information content (AvgIpc) is 2.37. The minimum Gasteiger partial charge on any atom is -0.380 e. The summed E-state index contributed by atoms with van der Waals surface area (Å²) >= 11 is 0. The van der Waals surface area contributed by atoms with E-state index in [2.05, 4.69) is 36.3 Å². The van der Waals surface area contributed by atoms with E-state index in [9.17, 15) is 0 Å². The molecule has 0 saturated heterocycles. The molecule has 0 saturated carbocycles. The van der Waals surface area contributed by atoms with Gasteiger partial charge in [0.2, 0.25) is 0 Å². The van der Waals surface area contributed by atoms with Gasteiger partial charge >= 0.3 is 0 Å². The lowest BCUT2D eigenvalue weighted by Gasteiger charge is -2.21. The number of hydrogen-bond acceptors (Lipinski definition) is 3. The molecule has 0 radical (unpaired) electrons. The molecule has 3 heteroatoms. The van der Waals surface area contributed by atoms with Crippen molar-refractivity contribution >= 4 is 16.6 Å². The standard InChI is InChI=1S/C14H18N2O/c1-10(11(2)17-3)16-13-6-7-14-12(9-13)5-4-8-15-14/h4-11,16H,1-3H3. The molecule has 0 spiro atoms. The van der Waals surface area contributed by atoms with E-state index in [0.29, 0.717) is 0 Å². The Morgan fingerprint density at radius 2 is 2.06 bits per heavy atom. The maximum atomic E-state index is 5.30. The molecule has 0 bridgehead atoms. The van der Waals surface area contributed by atoms with E-state index in [-0.39, 0.29) is 12.1 Å². The smallest absolute Gasteiger partial charge is 0.0741 e. The van der Waals surface area contributed by atoms with Crippen LogP contribution in [-0.2, 0) is 4.74 Å². The van der Waals surface area contributed by atoms with Crippen LogP contribution < -0.4 is 5.32 Å². The third kappa shape index (κ3) is 2.74. The number of pyridine rings is 1. The van der Waals surface area contributed by atoms with Crippen LogP contribution in [0.3, 0.4) is 0 Å². The molecule has 17 heavy (non-hydrogen) atoms. The lowest BCUT2D eigenvalue weighted by molar-refractivity contribution is 0.106. The normalized spacial score (nSPS) is 14.5. The number of aromatic nitrogens is 1. The van der Waals surface area contributed by atoms with Gasteiger partial charge in [0.15, 0.2) is 0 Å². The summed E-state index contributed by atoms with van der Waals surface area (Å²) in [6.45, 7) is 4.17. The molecule has 0 aliphatic heterocycles. The topological polar surface area (TPSA) is 34.1 Å². The summed E-state index contributed by atoms with van der Waals surface area (Å²) in [5.74, 6) is 0. The second-order valence-corrected chi connectivity index (χ2v) is 4.28. The van der Waals surface area contributed by atoms with Gasteiger partial charge in [-0.1, -0.05) is 6.07 Å². The molecule has 0 fully saturated rings. The molecule has 90 valence electrons. The van der Waals surface area contributed by atoms with E-state index in [0.717, 1.165) is 16.6 Å². The first kappa shape index (κ1) is 11.9. The van der Waals surface area contributed by atoms with E-state index in [4.69, 9.17) is 4.74 Å². The molecule has 2 rings (SSSR count). The number of methoxy groups -OCH3 is 1. The summed E-state index contributed by atoms with van der Waals surface area (Å²) in [7, 11) is 1.73. The van der Waals surface area contributed by atoms with Gasteiger partial charge < -0.3 is 10.1 Å². The Hall–Kier alpha value is -1.61. The van der Waals surface area contributed by atoms with E-state index < -0.39 is 0 Å². The number of anilines is 1. The predicted octanol–water partition coefficient (Wildman–Crippen LogP) is 3.07. The number of ether oxygens (including phenoxy) is 1. The van der Waals surface area contributed by atoms with Gasteiger partial charge in [-0.25, -0.2) is 0 Å². The number of rotatable bonds is 4. The predicted molar refractivity (Wildman–Crippen MR) is 71.3 cm³/mol. The van der Waals surface area contributed by atoms with Crippen LogP contribution >= 0.6 is 0 Å². The zero-order chi connectivity index (χ0) is 12.3. The Morgan fingerprint density at radius 3 is 2.82 bits per heavy atom. The molecule has 2 aromatic rings. The van der Waals surface area contributed by atoms with E-state index in [1.165, 1.54) is 0 Å². The fourth-order valence-electron chi connectivity index (χ4n) is 1.75. The van der Waals surface area contributed by atoms with Gasteiger partial charge in [0.25, 0.3) is 0 Å². The number of nitrogens with one attached hydrogen (secondary N) is 1. The van der Waals surface area contributed by atoms with Gasteiger partial charge in [-0.05, 0) is 38.1 Å².